The van der Waals surface area contributed by atoms with Gasteiger partial charge in [-0.25, -0.2) is 4.98 Å². The zero-order chi connectivity index (χ0) is 15.4. The van der Waals surface area contributed by atoms with Crippen molar-refractivity contribution < 1.29 is 9.90 Å². The molecule has 2 rings (SSSR count). The van der Waals surface area contributed by atoms with Crippen LogP contribution in [0.1, 0.15) is 16.8 Å². The van der Waals surface area contributed by atoms with Crippen LogP contribution in [0, 0.1) is 6.92 Å². The van der Waals surface area contributed by atoms with E-state index in [0.717, 1.165) is 22.0 Å². The molecule has 1 heterocycles. The number of hydrogen-bond acceptors (Lipinski definition) is 2. The van der Waals surface area contributed by atoms with E-state index in [1.807, 2.05) is 31.2 Å². The maximum Gasteiger partial charge on any atom is 0.307 e. The molecule has 0 fully saturated rings. The summed E-state index contributed by atoms with van der Waals surface area (Å²) in [5.41, 5.74) is 4.03. The van der Waals surface area contributed by atoms with Crippen LogP contribution in [0.3, 0.4) is 0 Å². The van der Waals surface area contributed by atoms with Gasteiger partial charge in [-0.1, -0.05) is 43.0 Å². The first-order valence-corrected chi connectivity index (χ1v) is 6.62. The van der Waals surface area contributed by atoms with Gasteiger partial charge in [-0.2, -0.15) is 0 Å². The van der Waals surface area contributed by atoms with Crippen molar-refractivity contribution >= 4 is 22.4 Å². The van der Waals surface area contributed by atoms with Gasteiger partial charge in [-0.15, -0.1) is 0 Å². The Morgan fingerprint density at radius 2 is 2.10 bits per heavy atom. The number of benzene rings is 1. The van der Waals surface area contributed by atoms with E-state index < -0.39 is 5.97 Å². The molecule has 106 valence electrons. The van der Waals surface area contributed by atoms with Crippen LogP contribution < -0.4 is 0 Å². The molecule has 1 aromatic heterocycles. The van der Waals surface area contributed by atoms with Gasteiger partial charge in [0.25, 0.3) is 0 Å². The monoisotopic (exact) mass is 279 g/mol. The van der Waals surface area contributed by atoms with Crippen LogP contribution >= 0.6 is 0 Å². The molecule has 3 nitrogen and oxygen atoms in total. The number of nitrogens with zero attached hydrogens (tertiary/aromatic N) is 1. The first-order valence-electron chi connectivity index (χ1n) is 6.62. The van der Waals surface area contributed by atoms with Crippen molar-refractivity contribution in [3.05, 3.63) is 72.5 Å². The quantitative estimate of drug-likeness (QED) is 0.844. The van der Waals surface area contributed by atoms with Crippen LogP contribution in [0.25, 0.3) is 16.5 Å². The highest BCUT2D eigenvalue weighted by atomic mass is 16.4. The number of pyridine rings is 1. The first kappa shape index (κ1) is 14.7. The van der Waals surface area contributed by atoms with Crippen molar-refractivity contribution in [1.82, 2.24) is 4.98 Å². The molecule has 0 aliphatic heterocycles. The van der Waals surface area contributed by atoms with Gasteiger partial charge in [0, 0.05) is 5.39 Å². The average molecular weight is 279 g/mol. The number of aromatic nitrogens is 1. The third-order valence-corrected chi connectivity index (χ3v) is 3.18. The normalized spacial score (nSPS) is 11.4. The Balaban J connectivity index is 2.73. The van der Waals surface area contributed by atoms with Crippen LogP contribution in [0.15, 0.2) is 55.7 Å². The van der Waals surface area contributed by atoms with E-state index in [1.165, 1.54) is 0 Å². The van der Waals surface area contributed by atoms with Gasteiger partial charge in [-0.3, -0.25) is 4.79 Å². The predicted octanol–water partition coefficient (Wildman–Crippen LogP) is 3.93. The lowest BCUT2D eigenvalue weighted by atomic mass is 10.00. The lowest BCUT2D eigenvalue weighted by Crippen LogP contribution is -2.05. The average Bonchev–Trinajstić information content (AvgIpc) is 2.43. The molecular weight excluding hydrogens is 262 g/mol. The fourth-order valence-electron chi connectivity index (χ4n) is 2.26. The Morgan fingerprint density at radius 1 is 1.33 bits per heavy atom. The van der Waals surface area contributed by atoms with E-state index >= 15 is 0 Å². The van der Waals surface area contributed by atoms with Crippen LogP contribution in [0.2, 0.25) is 0 Å². The molecule has 3 heteroatoms. The van der Waals surface area contributed by atoms with Gasteiger partial charge >= 0.3 is 5.97 Å². The number of carbonyl (C=O) groups is 1. The zero-order valence-electron chi connectivity index (χ0n) is 12.0. The van der Waals surface area contributed by atoms with E-state index in [4.69, 9.17) is 5.11 Å². The Kier molecular flexibility index (Phi) is 4.33. The molecule has 1 aromatic carbocycles. The lowest BCUT2D eigenvalue weighted by molar-refractivity contribution is -0.136. The zero-order valence-corrected chi connectivity index (χ0v) is 12.0. The Morgan fingerprint density at radius 3 is 2.71 bits per heavy atom. The predicted molar refractivity (Wildman–Crippen MR) is 86.2 cm³/mol. The smallest absolute Gasteiger partial charge is 0.307 e. The maximum absolute atomic E-state index is 11.1. The molecule has 0 aliphatic carbocycles. The second-order valence-electron chi connectivity index (χ2n) is 4.82. The SMILES string of the molecule is C=C/C=C(\C=C)c1nc2ccc(C)cc2cc1CC(=O)O. The van der Waals surface area contributed by atoms with E-state index in [1.54, 1.807) is 18.2 Å². The maximum atomic E-state index is 11.1. The fourth-order valence-corrected chi connectivity index (χ4v) is 2.26. The number of carboxylic acids is 1. The van der Waals surface area contributed by atoms with Crippen LogP contribution in [0.5, 0.6) is 0 Å². The van der Waals surface area contributed by atoms with Crippen LogP contribution in [-0.2, 0) is 11.2 Å². The first-order chi connectivity index (χ1) is 10.0. The van der Waals surface area contributed by atoms with Crippen molar-refractivity contribution in [2.75, 3.05) is 0 Å². The molecule has 0 spiro atoms. The summed E-state index contributed by atoms with van der Waals surface area (Å²) in [5.74, 6) is -0.882. The molecule has 2 aromatic rings. The molecule has 1 N–H and O–H groups in total. The molecule has 21 heavy (non-hydrogen) atoms. The largest absolute Gasteiger partial charge is 0.481 e. The van der Waals surface area contributed by atoms with E-state index in [0.29, 0.717) is 11.3 Å². The number of aliphatic carboxylic acids is 1. The summed E-state index contributed by atoms with van der Waals surface area (Å²) in [6.07, 6.45) is 5.01. The highest BCUT2D eigenvalue weighted by molar-refractivity contribution is 5.87. The summed E-state index contributed by atoms with van der Waals surface area (Å²) < 4.78 is 0. The number of carboxylic acid groups (broad SMARTS) is 1. The van der Waals surface area contributed by atoms with Gasteiger partial charge in [0.15, 0.2) is 0 Å². The minimum atomic E-state index is -0.882. The summed E-state index contributed by atoms with van der Waals surface area (Å²) in [7, 11) is 0. The lowest BCUT2D eigenvalue weighted by Gasteiger charge is -2.10. The minimum Gasteiger partial charge on any atom is -0.481 e. The molecule has 0 atom stereocenters. The molecule has 0 saturated heterocycles. The summed E-state index contributed by atoms with van der Waals surface area (Å²) in [5, 5.41) is 10.1. The molecule has 0 radical (unpaired) electrons. The molecule has 0 bridgehead atoms. The topological polar surface area (TPSA) is 50.2 Å². The third kappa shape index (κ3) is 3.26. The number of aryl methyl sites for hydroxylation is 1. The van der Waals surface area contributed by atoms with Gasteiger partial charge in [-0.05, 0) is 36.3 Å². The summed E-state index contributed by atoms with van der Waals surface area (Å²) >= 11 is 0. The van der Waals surface area contributed by atoms with E-state index in [-0.39, 0.29) is 6.42 Å². The highest BCUT2D eigenvalue weighted by Crippen LogP contribution is 2.24. The van der Waals surface area contributed by atoms with Crippen molar-refractivity contribution in [2.45, 2.75) is 13.3 Å². The molecular formula is C18H17NO2. The number of rotatable bonds is 5. The Labute approximate surface area is 124 Å². The van der Waals surface area contributed by atoms with Crippen LogP contribution in [-0.4, -0.2) is 16.1 Å². The van der Waals surface area contributed by atoms with Gasteiger partial charge in [0.1, 0.15) is 0 Å². The summed E-state index contributed by atoms with van der Waals surface area (Å²) in [6, 6.07) is 7.82. The van der Waals surface area contributed by atoms with E-state index in [9.17, 15) is 4.79 Å². The molecule has 0 unspecified atom stereocenters. The Hall–Kier alpha value is -2.68. The summed E-state index contributed by atoms with van der Waals surface area (Å²) in [6.45, 7) is 9.43. The van der Waals surface area contributed by atoms with Crippen molar-refractivity contribution in [2.24, 2.45) is 0 Å². The number of allylic oxidation sites excluding steroid dienone is 4. The third-order valence-electron chi connectivity index (χ3n) is 3.18. The second-order valence-corrected chi connectivity index (χ2v) is 4.82. The molecule has 0 saturated carbocycles. The number of hydrogen-bond donors (Lipinski definition) is 1. The van der Waals surface area contributed by atoms with Gasteiger partial charge in [0.2, 0.25) is 0 Å². The molecule has 0 aliphatic rings. The van der Waals surface area contributed by atoms with Crippen molar-refractivity contribution in [3.8, 4) is 0 Å². The summed E-state index contributed by atoms with van der Waals surface area (Å²) in [4.78, 5) is 15.7. The van der Waals surface area contributed by atoms with Crippen molar-refractivity contribution in [1.29, 1.82) is 0 Å². The van der Waals surface area contributed by atoms with Gasteiger partial charge < -0.3 is 5.11 Å². The highest BCUT2D eigenvalue weighted by Gasteiger charge is 2.12. The number of fused-ring (bicyclic) bond motifs is 1. The standard InChI is InChI=1S/C18H17NO2/c1-4-6-13(5-2)18-15(11-17(20)21)10-14-9-12(3)7-8-16(14)19-18/h4-10H,1-2,11H2,3H3,(H,20,21)/b13-6+. The Bertz CT molecular complexity index is 757. The van der Waals surface area contributed by atoms with Gasteiger partial charge in [0.05, 0.1) is 17.6 Å². The minimum absolute atomic E-state index is 0.0749. The molecule has 0 amide bonds. The van der Waals surface area contributed by atoms with Crippen LogP contribution in [0.4, 0.5) is 0 Å². The van der Waals surface area contributed by atoms with Crippen molar-refractivity contribution in [3.63, 3.8) is 0 Å². The second kappa shape index (κ2) is 6.18. The van der Waals surface area contributed by atoms with E-state index in [2.05, 4.69) is 18.1 Å². The fraction of sp³-hybridized carbons (Fsp3) is 0.111.